The number of hydrogen-bond acceptors (Lipinski definition) is 8. The summed E-state index contributed by atoms with van der Waals surface area (Å²) in [7, 11) is 0. The van der Waals surface area contributed by atoms with Crippen LogP contribution in [0.5, 0.6) is 0 Å². The van der Waals surface area contributed by atoms with Crippen molar-refractivity contribution in [2.24, 2.45) is 0 Å². The molecule has 0 saturated carbocycles. The SMILES string of the molecule is CC(=O)c1ccc(NC(=O)c2sc3nc(N4CCOCC4)c4c(c3c2N)CC(C)(C)OC4)cc1. The second-order valence-electron chi connectivity index (χ2n) is 9.33. The third-order valence-electron chi connectivity index (χ3n) is 6.35. The van der Waals surface area contributed by atoms with Crippen LogP contribution >= 0.6 is 11.3 Å². The van der Waals surface area contributed by atoms with E-state index in [1.807, 2.05) is 0 Å². The Bertz CT molecular complexity index is 1280. The average Bonchev–Trinajstić information content (AvgIpc) is 3.15. The van der Waals surface area contributed by atoms with Crippen molar-refractivity contribution < 1.29 is 19.1 Å². The number of benzene rings is 1. The van der Waals surface area contributed by atoms with Gasteiger partial charge in [-0.2, -0.15) is 0 Å². The van der Waals surface area contributed by atoms with Gasteiger partial charge in [-0.15, -0.1) is 11.3 Å². The zero-order valence-corrected chi connectivity index (χ0v) is 20.4. The first kappa shape index (κ1) is 22.8. The number of anilines is 3. The maximum absolute atomic E-state index is 13.2. The molecule has 1 saturated heterocycles. The van der Waals surface area contributed by atoms with Crippen LogP contribution < -0.4 is 16.0 Å². The van der Waals surface area contributed by atoms with Crippen LogP contribution in [0.15, 0.2) is 24.3 Å². The second-order valence-corrected chi connectivity index (χ2v) is 10.3. The van der Waals surface area contributed by atoms with E-state index in [1.54, 1.807) is 24.3 Å². The number of thiophene rings is 1. The summed E-state index contributed by atoms with van der Waals surface area (Å²) in [6.45, 7) is 8.94. The number of morpholine rings is 1. The zero-order valence-electron chi connectivity index (χ0n) is 19.6. The molecular formula is C25H28N4O4S. The van der Waals surface area contributed by atoms with E-state index in [9.17, 15) is 9.59 Å². The van der Waals surface area contributed by atoms with Gasteiger partial charge in [0, 0.05) is 41.7 Å². The minimum absolute atomic E-state index is 0.0227. The van der Waals surface area contributed by atoms with Crippen molar-refractivity contribution in [3.63, 3.8) is 0 Å². The van der Waals surface area contributed by atoms with Gasteiger partial charge >= 0.3 is 0 Å². The van der Waals surface area contributed by atoms with Gasteiger partial charge in [0.2, 0.25) is 0 Å². The number of nitrogen functional groups attached to an aromatic ring is 1. The van der Waals surface area contributed by atoms with Crippen molar-refractivity contribution >= 4 is 50.4 Å². The number of aromatic nitrogens is 1. The molecule has 3 aromatic rings. The van der Waals surface area contributed by atoms with E-state index in [0.717, 1.165) is 40.3 Å². The average molecular weight is 481 g/mol. The molecule has 2 aliphatic rings. The van der Waals surface area contributed by atoms with E-state index in [1.165, 1.54) is 18.3 Å². The van der Waals surface area contributed by atoms with Gasteiger partial charge in [0.15, 0.2) is 5.78 Å². The Balaban J connectivity index is 1.56. The summed E-state index contributed by atoms with van der Waals surface area (Å²) in [6, 6.07) is 6.82. The van der Waals surface area contributed by atoms with Crippen LogP contribution in [-0.2, 0) is 22.5 Å². The standard InChI is InChI=1S/C25H28N4O4S/c1-14(30)15-4-6-16(7-5-15)27-23(31)21-20(26)19-17-12-25(2,3)33-13-18(17)22(28-24(19)34-21)29-8-10-32-11-9-29/h4-7H,8-13,26H2,1-3H3,(H,27,31). The van der Waals surface area contributed by atoms with Crippen molar-refractivity contribution in [1.29, 1.82) is 0 Å². The second kappa shape index (κ2) is 8.65. The van der Waals surface area contributed by atoms with Gasteiger partial charge < -0.3 is 25.4 Å². The molecule has 1 fully saturated rings. The zero-order chi connectivity index (χ0) is 24.0. The summed E-state index contributed by atoms with van der Waals surface area (Å²) in [5.41, 5.74) is 10.1. The summed E-state index contributed by atoms with van der Waals surface area (Å²) in [5.74, 6) is 0.587. The first-order valence-corrected chi connectivity index (χ1v) is 12.2. The van der Waals surface area contributed by atoms with Gasteiger partial charge in [-0.05, 0) is 50.6 Å². The predicted molar refractivity (Wildman–Crippen MR) is 134 cm³/mol. The molecule has 178 valence electrons. The van der Waals surface area contributed by atoms with Crippen LogP contribution in [0.4, 0.5) is 17.2 Å². The third-order valence-corrected chi connectivity index (χ3v) is 7.44. The highest BCUT2D eigenvalue weighted by molar-refractivity contribution is 7.21. The summed E-state index contributed by atoms with van der Waals surface area (Å²) in [4.78, 5) is 33.1. The molecule has 2 aliphatic heterocycles. The van der Waals surface area contributed by atoms with E-state index in [2.05, 4.69) is 24.1 Å². The smallest absolute Gasteiger partial charge is 0.267 e. The topological polar surface area (TPSA) is 107 Å². The number of amides is 1. The lowest BCUT2D eigenvalue weighted by Crippen LogP contribution is -2.39. The van der Waals surface area contributed by atoms with Gasteiger partial charge in [0.1, 0.15) is 15.5 Å². The molecule has 1 amide bonds. The molecule has 0 aliphatic carbocycles. The fourth-order valence-corrected chi connectivity index (χ4v) is 5.54. The van der Waals surface area contributed by atoms with E-state index >= 15 is 0 Å². The van der Waals surface area contributed by atoms with Crippen LogP contribution in [0.2, 0.25) is 0 Å². The van der Waals surface area contributed by atoms with Gasteiger partial charge in [0.25, 0.3) is 5.91 Å². The van der Waals surface area contributed by atoms with Gasteiger partial charge in [-0.1, -0.05) is 0 Å². The number of ketones is 1. The van der Waals surface area contributed by atoms with Crippen molar-refractivity contribution in [3.05, 3.63) is 45.8 Å². The Morgan fingerprint density at radius 2 is 1.85 bits per heavy atom. The number of rotatable bonds is 4. The Hall–Kier alpha value is -3.01. The van der Waals surface area contributed by atoms with Crippen molar-refractivity contribution in [1.82, 2.24) is 4.98 Å². The lowest BCUT2D eigenvalue weighted by atomic mass is 9.89. The van der Waals surface area contributed by atoms with Crippen LogP contribution in [0.25, 0.3) is 10.2 Å². The molecule has 0 unspecified atom stereocenters. The Morgan fingerprint density at radius 3 is 2.53 bits per heavy atom. The molecule has 9 heteroatoms. The molecule has 2 aromatic heterocycles. The number of fused-ring (bicyclic) bond motifs is 3. The number of carbonyl (C=O) groups is 2. The molecule has 1 aromatic carbocycles. The Kier molecular flexibility index (Phi) is 5.79. The number of nitrogens with zero attached hydrogens (tertiary/aromatic N) is 2. The van der Waals surface area contributed by atoms with Crippen LogP contribution in [0.3, 0.4) is 0 Å². The van der Waals surface area contributed by atoms with Gasteiger partial charge in [-0.3, -0.25) is 9.59 Å². The summed E-state index contributed by atoms with van der Waals surface area (Å²) < 4.78 is 11.7. The minimum Gasteiger partial charge on any atom is -0.397 e. The number of nitrogens with one attached hydrogen (secondary N) is 1. The summed E-state index contributed by atoms with van der Waals surface area (Å²) in [5, 5.41) is 3.75. The quantitative estimate of drug-likeness (QED) is 0.543. The third kappa shape index (κ3) is 4.15. The van der Waals surface area contributed by atoms with E-state index < -0.39 is 0 Å². The van der Waals surface area contributed by atoms with Crippen LogP contribution in [0.1, 0.15) is 51.9 Å². The summed E-state index contributed by atoms with van der Waals surface area (Å²) >= 11 is 1.31. The molecule has 4 heterocycles. The number of nitrogens with two attached hydrogens (primary N) is 1. The van der Waals surface area contributed by atoms with E-state index in [-0.39, 0.29) is 17.3 Å². The van der Waals surface area contributed by atoms with Crippen molar-refractivity contribution in [3.8, 4) is 0 Å². The minimum atomic E-state index is -0.335. The van der Waals surface area contributed by atoms with Crippen LogP contribution in [0, 0.1) is 0 Å². The maximum Gasteiger partial charge on any atom is 0.267 e. The fraction of sp³-hybridized carbons (Fsp3) is 0.400. The Morgan fingerprint density at radius 1 is 1.15 bits per heavy atom. The maximum atomic E-state index is 13.2. The number of pyridine rings is 1. The molecule has 3 N–H and O–H groups in total. The molecule has 0 spiro atoms. The number of ether oxygens (including phenoxy) is 2. The molecule has 5 rings (SSSR count). The van der Waals surface area contributed by atoms with E-state index in [4.69, 9.17) is 20.2 Å². The highest BCUT2D eigenvalue weighted by Gasteiger charge is 2.34. The predicted octanol–water partition coefficient (Wildman–Crippen LogP) is 4.02. The molecule has 0 bridgehead atoms. The first-order chi connectivity index (χ1) is 16.2. The first-order valence-electron chi connectivity index (χ1n) is 11.4. The normalized spacial score (nSPS) is 17.4. The molecular weight excluding hydrogens is 452 g/mol. The fourth-order valence-electron chi connectivity index (χ4n) is 4.52. The van der Waals surface area contributed by atoms with Crippen molar-refractivity contribution in [2.45, 2.75) is 39.4 Å². The number of hydrogen-bond donors (Lipinski definition) is 2. The molecule has 0 atom stereocenters. The molecule has 8 nitrogen and oxygen atoms in total. The summed E-state index contributed by atoms with van der Waals surface area (Å²) in [6.07, 6.45) is 0.688. The van der Waals surface area contributed by atoms with Gasteiger partial charge in [-0.25, -0.2) is 4.98 Å². The monoisotopic (exact) mass is 480 g/mol. The largest absolute Gasteiger partial charge is 0.397 e. The highest BCUT2D eigenvalue weighted by Crippen LogP contribution is 2.43. The molecule has 0 radical (unpaired) electrons. The Labute approximate surface area is 202 Å². The number of Topliss-reactive ketones (excluding diaryl/α,β-unsaturated/α-hetero) is 1. The van der Waals surface area contributed by atoms with E-state index in [0.29, 0.717) is 48.1 Å². The molecule has 34 heavy (non-hydrogen) atoms. The lowest BCUT2D eigenvalue weighted by Gasteiger charge is -2.36. The number of carbonyl (C=O) groups excluding carboxylic acids is 2. The van der Waals surface area contributed by atoms with Gasteiger partial charge in [0.05, 0.1) is 31.1 Å². The van der Waals surface area contributed by atoms with Crippen LogP contribution in [-0.4, -0.2) is 48.6 Å². The highest BCUT2D eigenvalue weighted by atomic mass is 32.1. The lowest BCUT2D eigenvalue weighted by molar-refractivity contribution is -0.0396. The van der Waals surface area contributed by atoms with Crippen molar-refractivity contribution in [2.75, 3.05) is 42.3 Å².